The predicted octanol–water partition coefficient (Wildman–Crippen LogP) is 2.26. The zero-order valence-corrected chi connectivity index (χ0v) is 14.7. The van der Waals surface area contributed by atoms with E-state index in [2.05, 4.69) is 30.4 Å². The lowest BCUT2D eigenvalue weighted by Crippen LogP contribution is -2.32. The maximum absolute atomic E-state index is 11.0. The molecule has 9 heteroatoms. The van der Waals surface area contributed by atoms with Crippen molar-refractivity contribution in [1.29, 1.82) is 0 Å². The van der Waals surface area contributed by atoms with Gasteiger partial charge in [-0.2, -0.15) is 10.1 Å². The van der Waals surface area contributed by atoms with Gasteiger partial charge in [0.15, 0.2) is 5.82 Å². The number of carboxylic acid groups (broad SMARTS) is 1. The molecular weight excluding hydrogens is 334 g/mol. The number of anilines is 3. The summed E-state index contributed by atoms with van der Waals surface area (Å²) >= 11 is 0. The zero-order chi connectivity index (χ0) is 18.1. The van der Waals surface area contributed by atoms with Crippen LogP contribution in [0.4, 0.5) is 22.4 Å². The van der Waals surface area contributed by atoms with E-state index in [1.165, 1.54) is 23.4 Å². The Morgan fingerprint density at radius 3 is 3.04 bits per heavy atom. The molecule has 1 saturated carbocycles. The van der Waals surface area contributed by atoms with E-state index in [1.807, 2.05) is 12.1 Å². The highest BCUT2D eigenvalue weighted by atomic mass is 16.4. The van der Waals surface area contributed by atoms with Crippen molar-refractivity contribution in [1.82, 2.24) is 25.1 Å². The average molecular weight is 357 g/mol. The largest absolute Gasteiger partial charge is 0.465 e. The van der Waals surface area contributed by atoms with Crippen LogP contribution in [0.3, 0.4) is 0 Å². The molecule has 3 N–H and O–H groups in total. The smallest absolute Gasteiger partial charge is 0.407 e. The zero-order valence-electron chi connectivity index (χ0n) is 14.7. The lowest BCUT2D eigenvalue weighted by Gasteiger charge is -2.19. The van der Waals surface area contributed by atoms with Crippen molar-refractivity contribution in [3.05, 3.63) is 24.0 Å². The normalized spacial score (nSPS) is 19.6. The Balaban J connectivity index is 1.38. The lowest BCUT2D eigenvalue weighted by molar-refractivity contribution is 0.150. The standard InChI is InChI=1S/C17H23N7O2/c1-23(17(25)26)9-11-5-7-24(10-11)16-18-6-4-14(20-16)19-15-8-13(21-22-15)12-2-3-12/h4,6,8,11-12H,2-3,5,7,9-10H2,1H3,(H,25,26)(H2,18,19,20,21,22)/t11-/m0/s1. The summed E-state index contributed by atoms with van der Waals surface area (Å²) in [7, 11) is 1.60. The van der Waals surface area contributed by atoms with Crippen LogP contribution in [0, 0.1) is 5.92 Å². The van der Waals surface area contributed by atoms with Crippen LogP contribution < -0.4 is 10.2 Å². The summed E-state index contributed by atoms with van der Waals surface area (Å²) in [5.41, 5.74) is 1.17. The number of aromatic amines is 1. The van der Waals surface area contributed by atoms with Gasteiger partial charge in [0.1, 0.15) is 5.82 Å². The molecule has 26 heavy (non-hydrogen) atoms. The van der Waals surface area contributed by atoms with E-state index in [4.69, 9.17) is 5.11 Å². The summed E-state index contributed by atoms with van der Waals surface area (Å²) in [5.74, 6) is 3.05. The highest BCUT2D eigenvalue weighted by molar-refractivity contribution is 5.64. The molecule has 1 aliphatic carbocycles. The van der Waals surface area contributed by atoms with Crippen molar-refractivity contribution in [2.45, 2.75) is 25.2 Å². The van der Waals surface area contributed by atoms with Crippen molar-refractivity contribution in [2.24, 2.45) is 5.92 Å². The van der Waals surface area contributed by atoms with Gasteiger partial charge in [-0.05, 0) is 31.2 Å². The number of carbonyl (C=O) groups is 1. The minimum Gasteiger partial charge on any atom is -0.465 e. The predicted molar refractivity (Wildman–Crippen MR) is 96.9 cm³/mol. The first-order chi connectivity index (χ1) is 12.6. The van der Waals surface area contributed by atoms with Gasteiger partial charge in [0.2, 0.25) is 5.95 Å². The summed E-state index contributed by atoms with van der Waals surface area (Å²) in [5, 5.41) is 19.6. The third kappa shape index (κ3) is 3.71. The fourth-order valence-electron chi connectivity index (χ4n) is 3.33. The highest BCUT2D eigenvalue weighted by Crippen LogP contribution is 2.39. The summed E-state index contributed by atoms with van der Waals surface area (Å²) in [4.78, 5) is 23.4. The fraction of sp³-hybridized carbons (Fsp3) is 0.529. The van der Waals surface area contributed by atoms with Gasteiger partial charge in [0.25, 0.3) is 0 Å². The molecule has 1 amide bonds. The highest BCUT2D eigenvalue weighted by Gasteiger charge is 2.27. The Kier molecular flexibility index (Phi) is 4.36. The first kappa shape index (κ1) is 16.6. The van der Waals surface area contributed by atoms with Gasteiger partial charge >= 0.3 is 6.09 Å². The van der Waals surface area contributed by atoms with E-state index in [9.17, 15) is 4.79 Å². The molecule has 1 atom stereocenters. The van der Waals surface area contributed by atoms with Gasteiger partial charge in [-0.1, -0.05) is 0 Å². The Labute approximate surface area is 151 Å². The van der Waals surface area contributed by atoms with Gasteiger partial charge in [0, 0.05) is 50.6 Å². The molecule has 2 aromatic rings. The van der Waals surface area contributed by atoms with E-state index >= 15 is 0 Å². The number of aromatic nitrogens is 4. The molecule has 0 bridgehead atoms. The SMILES string of the molecule is CN(C[C@@H]1CCN(c2nccc(Nc3cc(C4CC4)[nH]n3)n2)C1)C(=O)O. The van der Waals surface area contributed by atoms with Gasteiger partial charge in [-0.15, -0.1) is 0 Å². The Morgan fingerprint density at radius 2 is 2.27 bits per heavy atom. The molecule has 9 nitrogen and oxygen atoms in total. The monoisotopic (exact) mass is 357 g/mol. The van der Waals surface area contributed by atoms with Crippen molar-refractivity contribution < 1.29 is 9.90 Å². The second-order valence-corrected chi connectivity index (χ2v) is 7.11. The van der Waals surface area contributed by atoms with Gasteiger partial charge < -0.3 is 20.2 Å². The molecule has 138 valence electrons. The van der Waals surface area contributed by atoms with Crippen molar-refractivity contribution in [3.63, 3.8) is 0 Å². The topological polar surface area (TPSA) is 110 Å². The van der Waals surface area contributed by atoms with Crippen LogP contribution in [0.15, 0.2) is 18.3 Å². The third-order valence-corrected chi connectivity index (χ3v) is 4.94. The van der Waals surface area contributed by atoms with Crippen molar-refractivity contribution >= 4 is 23.7 Å². The van der Waals surface area contributed by atoms with E-state index in [1.54, 1.807) is 13.2 Å². The molecule has 4 rings (SSSR count). The number of H-pyrrole nitrogens is 1. The summed E-state index contributed by atoms with van der Waals surface area (Å²) < 4.78 is 0. The summed E-state index contributed by atoms with van der Waals surface area (Å²) in [6, 6.07) is 3.85. The minimum atomic E-state index is -0.893. The molecule has 0 aromatic carbocycles. The number of hydrogen-bond acceptors (Lipinski definition) is 6. The second kappa shape index (κ2) is 6.81. The fourth-order valence-corrected chi connectivity index (χ4v) is 3.33. The van der Waals surface area contributed by atoms with Crippen molar-refractivity contribution in [3.8, 4) is 0 Å². The molecule has 0 spiro atoms. The molecular formula is C17H23N7O2. The molecule has 0 radical (unpaired) electrons. The number of hydrogen-bond donors (Lipinski definition) is 3. The molecule has 2 aliphatic rings. The van der Waals surface area contributed by atoms with Crippen LogP contribution in [0.5, 0.6) is 0 Å². The summed E-state index contributed by atoms with van der Waals surface area (Å²) in [6.45, 7) is 2.12. The average Bonchev–Trinajstić information content (AvgIpc) is 3.19. The van der Waals surface area contributed by atoms with E-state index in [0.29, 0.717) is 30.1 Å². The van der Waals surface area contributed by atoms with Crippen LogP contribution in [-0.4, -0.2) is 62.9 Å². The molecule has 0 unspecified atom stereocenters. The summed E-state index contributed by atoms with van der Waals surface area (Å²) in [6.07, 6.45) is 4.23. The van der Waals surface area contributed by atoms with Crippen LogP contribution in [-0.2, 0) is 0 Å². The van der Waals surface area contributed by atoms with E-state index < -0.39 is 6.09 Å². The van der Waals surface area contributed by atoms with E-state index in [0.717, 1.165) is 25.3 Å². The quantitative estimate of drug-likeness (QED) is 0.727. The van der Waals surface area contributed by atoms with Crippen LogP contribution in [0.2, 0.25) is 0 Å². The Bertz CT molecular complexity index is 789. The Morgan fingerprint density at radius 1 is 1.42 bits per heavy atom. The van der Waals surface area contributed by atoms with Crippen LogP contribution in [0.1, 0.15) is 30.9 Å². The second-order valence-electron chi connectivity index (χ2n) is 7.11. The number of nitrogens with zero attached hydrogens (tertiary/aromatic N) is 5. The molecule has 1 aliphatic heterocycles. The maximum Gasteiger partial charge on any atom is 0.407 e. The van der Waals surface area contributed by atoms with Gasteiger partial charge in [-0.25, -0.2) is 9.78 Å². The number of rotatable bonds is 6. The molecule has 1 saturated heterocycles. The van der Waals surface area contributed by atoms with Gasteiger partial charge in [0.05, 0.1) is 0 Å². The minimum absolute atomic E-state index is 0.295. The van der Waals surface area contributed by atoms with E-state index in [-0.39, 0.29) is 0 Å². The first-order valence-corrected chi connectivity index (χ1v) is 8.93. The number of nitrogens with one attached hydrogen (secondary N) is 2. The number of amides is 1. The van der Waals surface area contributed by atoms with Crippen LogP contribution >= 0.6 is 0 Å². The molecule has 3 heterocycles. The van der Waals surface area contributed by atoms with Crippen LogP contribution in [0.25, 0.3) is 0 Å². The Hall–Kier alpha value is -2.84. The third-order valence-electron chi connectivity index (χ3n) is 4.94. The lowest BCUT2D eigenvalue weighted by atomic mass is 10.1. The van der Waals surface area contributed by atoms with Gasteiger partial charge in [-0.3, -0.25) is 5.10 Å². The maximum atomic E-state index is 11.0. The first-order valence-electron chi connectivity index (χ1n) is 8.93. The molecule has 2 fully saturated rings. The molecule has 2 aromatic heterocycles. The van der Waals surface area contributed by atoms with Crippen molar-refractivity contribution in [2.75, 3.05) is 36.9 Å².